The summed E-state index contributed by atoms with van der Waals surface area (Å²) in [4.78, 5) is 30.4. The second-order valence-electron chi connectivity index (χ2n) is 7.85. The number of cyclic esters (lactones) is 1. The van der Waals surface area contributed by atoms with Gasteiger partial charge in [-0.3, -0.25) is 9.46 Å². The molecule has 2 aromatic heterocycles. The van der Waals surface area contributed by atoms with E-state index in [-0.39, 0.29) is 13.2 Å². The van der Waals surface area contributed by atoms with Gasteiger partial charge in [-0.1, -0.05) is 4.80 Å². The first kappa shape index (κ1) is 23.7. The zero-order valence-electron chi connectivity index (χ0n) is 19.0. The van der Waals surface area contributed by atoms with Gasteiger partial charge in [0.15, 0.2) is 5.82 Å². The van der Waals surface area contributed by atoms with Crippen molar-refractivity contribution in [1.29, 1.82) is 0 Å². The summed E-state index contributed by atoms with van der Waals surface area (Å²) in [6.45, 7) is 0.886. The number of rotatable bonds is 7. The van der Waals surface area contributed by atoms with Crippen molar-refractivity contribution >= 4 is 31.1 Å². The molecule has 0 bridgehead atoms. The van der Waals surface area contributed by atoms with Crippen LogP contribution < -0.4 is 14.5 Å². The average molecular weight is 492 g/mol. The maximum Gasteiger partial charge on any atom is 0.414 e. The number of ether oxygens (including phenoxy) is 1. The Hall–Kier alpha value is -3.41. The van der Waals surface area contributed by atoms with Gasteiger partial charge < -0.3 is 14.2 Å². The van der Waals surface area contributed by atoms with E-state index in [9.17, 15) is 18.6 Å². The zero-order valence-corrected chi connectivity index (χ0v) is 19.9. The van der Waals surface area contributed by atoms with Crippen LogP contribution in [0.3, 0.4) is 0 Å². The van der Waals surface area contributed by atoms with Crippen molar-refractivity contribution in [1.82, 2.24) is 20.1 Å². The van der Waals surface area contributed by atoms with Crippen molar-refractivity contribution < 1.29 is 32.6 Å². The van der Waals surface area contributed by atoms with E-state index < -0.39 is 25.6 Å². The molecule has 1 aliphatic rings. The van der Waals surface area contributed by atoms with Crippen LogP contribution in [0.15, 0.2) is 36.5 Å². The van der Waals surface area contributed by atoms with Crippen LogP contribution in [0.4, 0.5) is 26.6 Å². The largest absolute Gasteiger partial charge is 0.441 e. The first-order valence-corrected chi connectivity index (χ1v) is 12.2. The van der Waals surface area contributed by atoms with Gasteiger partial charge in [-0.2, -0.15) is 4.68 Å². The lowest BCUT2D eigenvalue weighted by molar-refractivity contribution is -0.744. The van der Waals surface area contributed by atoms with Crippen LogP contribution in [0.2, 0.25) is 0 Å². The van der Waals surface area contributed by atoms with Crippen molar-refractivity contribution in [2.24, 2.45) is 14.1 Å². The lowest BCUT2D eigenvalue weighted by Crippen LogP contribution is -2.42. The standard InChI is InChI=1S/C20H23FN7O5P/c1-25(19-23-24-27(3)26(19)2)18-8-5-13(10-22-18)16-7-6-14(9-17(16)21)28-11-15(33-20(28)29)12-32-34(4,30)31/h5-10,15H,11-12H2,1-4H3/p+1/t15-/m1/s1. The molecule has 1 N–H and O–H groups in total. The number of aromatic nitrogens is 5. The fourth-order valence-electron chi connectivity index (χ4n) is 3.44. The van der Waals surface area contributed by atoms with Gasteiger partial charge in [0.2, 0.25) is 0 Å². The highest BCUT2D eigenvalue weighted by atomic mass is 31.2. The minimum Gasteiger partial charge on any atom is -0.441 e. The normalized spacial score (nSPS) is 17.5. The molecular formula is C20H24FN7O5P+. The molecule has 1 saturated heterocycles. The summed E-state index contributed by atoms with van der Waals surface area (Å²) in [6.07, 6.45) is 0.131. The van der Waals surface area contributed by atoms with Gasteiger partial charge in [0.1, 0.15) is 17.1 Å². The fraction of sp³-hybridized carbons (Fsp3) is 0.350. The molecule has 3 aromatic rings. The number of tetrazole rings is 1. The molecule has 180 valence electrons. The van der Waals surface area contributed by atoms with Gasteiger partial charge in [0.05, 0.1) is 45.1 Å². The minimum atomic E-state index is -3.69. The SMILES string of the molecule is CN(c1ccc(-c2ccc(N3C[C@H](COP(C)(=O)O)OC3=O)cc2F)cn1)c1nnn(C)[n+]1C. The summed E-state index contributed by atoms with van der Waals surface area (Å²) >= 11 is 0. The van der Waals surface area contributed by atoms with Crippen LogP contribution in [0.5, 0.6) is 0 Å². The summed E-state index contributed by atoms with van der Waals surface area (Å²) in [7, 11) is 1.69. The monoisotopic (exact) mass is 492 g/mol. The Morgan fingerprint density at radius 1 is 1.38 bits per heavy atom. The molecule has 1 unspecified atom stereocenters. The summed E-state index contributed by atoms with van der Waals surface area (Å²) in [5.41, 5.74) is 1.17. The Balaban J connectivity index is 1.48. The molecule has 1 fully saturated rings. The van der Waals surface area contributed by atoms with Crippen molar-refractivity contribution in [2.75, 3.05) is 36.7 Å². The number of hydrogen-bond donors (Lipinski definition) is 1. The maximum atomic E-state index is 15.0. The number of hydrogen-bond acceptors (Lipinski definition) is 8. The Morgan fingerprint density at radius 2 is 2.15 bits per heavy atom. The van der Waals surface area contributed by atoms with Crippen molar-refractivity contribution in [2.45, 2.75) is 6.10 Å². The number of carbonyl (C=O) groups is 1. The molecule has 34 heavy (non-hydrogen) atoms. The van der Waals surface area contributed by atoms with Gasteiger partial charge in [0, 0.05) is 24.0 Å². The molecular weight excluding hydrogens is 468 g/mol. The molecule has 0 spiro atoms. The van der Waals surface area contributed by atoms with Crippen LogP contribution >= 0.6 is 7.60 Å². The summed E-state index contributed by atoms with van der Waals surface area (Å²) in [5.74, 6) is 0.645. The second kappa shape index (κ2) is 9.09. The van der Waals surface area contributed by atoms with Crippen molar-refractivity contribution in [3.05, 3.63) is 42.3 Å². The number of benzene rings is 1. The van der Waals surface area contributed by atoms with Crippen LogP contribution in [0.1, 0.15) is 0 Å². The Bertz CT molecular complexity index is 1260. The van der Waals surface area contributed by atoms with Crippen LogP contribution in [0, 0.1) is 5.82 Å². The molecule has 3 heterocycles. The number of amides is 1. The van der Waals surface area contributed by atoms with E-state index in [1.165, 1.54) is 11.0 Å². The van der Waals surface area contributed by atoms with E-state index in [0.717, 1.165) is 6.66 Å². The Labute approximate surface area is 194 Å². The van der Waals surface area contributed by atoms with Crippen LogP contribution in [-0.4, -0.2) is 64.0 Å². The third-order valence-electron chi connectivity index (χ3n) is 5.33. The van der Waals surface area contributed by atoms with E-state index in [2.05, 4.69) is 15.3 Å². The number of pyridine rings is 1. The number of aryl methyl sites for hydroxylation is 1. The van der Waals surface area contributed by atoms with E-state index in [0.29, 0.717) is 28.6 Å². The fourth-order valence-corrected chi connectivity index (χ4v) is 3.88. The van der Waals surface area contributed by atoms with Gasteiger partial charge in [-0.05, 0) is 30.3 Å². The second-order valence-corrected chi connectivity index (χ2v) is 9.71. The van der Waals surface area contributed by atoms with E-state index in [1.807, 2.05) is 7.05 Å². The van der Waals surface area contributed by atoms with Gasteiger partial charge >= 0.3 is 19.6 Å². The maximum absolute atomic E-state index is 15.0. The number of carbonyl (C=O) groups excluding carboxylic acids is 1. The van der Waals surface area contributed by atoms with Crippen LogP contribution in [0.25, 0.3) is 11.1 Å². The number of nitrogens with zero attached hydrogens (tertiary/aromatic N) is 7. The molecule has 0 aliphatic carbocycles. The van der Waals surface area contributed by atoms with E-state index in [1.54, 1.807) is 58.9 Å². The van der Waals surface area contributed by atoms with Gasteiger partial charge in [-0.25, -0.2) is 19.1 Å². The summed E-state index contributed by atoms with van der Waals surface area (Å²) in [5, 5.41) is 8.05. The molecule has 0 saturated carbocycles. The van der Waals surface area contributed by atoms with Gasteiger partial charge in [-0.15, -0.1) is 0 Å². The first-order chi connectivity index (χ1) is 16.0. The Kier molecular flexibility index (Phi) is 6.34. The smallest absolute Gasteiger partial charge is 0.414 e. The van der Waals surface area contributed by atoms with E-state index >= 15 is 0 Å². The van der Waals surface area contributed by atoms with Crippen LogP contribution in [-0.2, 0) is 27.9 Å². The molecule has 1 aliphatic heterocycles. The first-order valence-electron chi connectivity index (χ1n) is 10.2. The summed E-state index contributed by atoms with van der Waals surface area (Å²) in [6, 6.07) is 7.87. The third kappa shape index (κ3) is 4.91. The van der Waals surface area contributed by atoms with Gasteiger partial charge in [0.25, 0.3) is 0 Å². The zero-order chi connectivity index (χ0) is 24.6. The van der Waals surface area contributed by atoms with E-state index in [4.69, 9.17) is 9.26 Å². The average Bonchev–Trinajstić information content (AvgIpc) is 3.33. The molecule has 0 radical (unpaired) electrons. The highest BCUT2D eigenvalue weighted by Crippen LogP contribution is 2.37. The molecule has 14 heteroatoms. The van der Waals surface area contributed by atoms with Crippen molar-refractivity contribution in [3.8, 4) is 11.1 Å². The minimum absolute atomic E-state index is 0.0695. The topological polar surface area (TPSA) is 127 Å². The third-order valence-corrected chi connectivity index (χ3v) is 5.96. The highest BCUT2D eigenvalue weighted by molar-refractivity contribution is 7.51. The molecule has 4 rings (SSSR count). The lowest BCUT2D eigenvalue weighted by Gasteiger charge is -2.15. The number of anilines is 3. The quantitative estimate of drug-likeness (QED) is 0.388. The molecule has 1 aromatic carbocycles. The Morgan fingerprint density at radius 3 is 2.74 bits per heavy atom. The van der Waals surface area contributed by atoms with Crippen molar-refractivity contribution in [3.63, 3.8) is 0 Å². The molecule has 1 amide bonds. The highest BCUT2D eigenvalue weighted by Gasteiger charge is 2.34. The molecule has 2 atom stereocenters. The lowest BCUT2D eigenvalue weighted by atomic mass is 10.1. The number of halogens is 1. The predicted octanol–water partition coefficient (Wildman–Crippen LogP) is 1.77. The molecule has 12 nitrogen and oxygen atoms in total. The predicted molar refractivity (Wildman–Crippen MR) is 119 cm³/mol. The summed E-state index contributed by atoms with van der Waals surface area (Å²) < 4.78 is 38.0.